The molecule has 1 aliphatic heterocycles. The van der Waals surface area contributed by atoms with Crippen LogP contribution in [0.25, 0.3) is 0 Å². The monoisotopic (exact) mass is 327 g/mol. The van der Waals surface area contributed by atoms with E-state index in [1.54, 1.807) is 39.9 Å². The van der Waals surface area contributed by atoms with Crippen molar-refractivity contribution in [2.24, 2.45) is 0 Å². The van der Waals surface area contributed by atoms with Crippen LogP contribution < -0.4 is 0 Å². The Morgan fingerprint density at radius 2 is 2.05 bits per heavy atom. The molecule has 1 aliphatic rings. The summed E-state index contributed by atoms with van der Waals surface area (Å²) in [6.45, 7) is 2.43. The van der Waals surface area contributed by atoms with Gasteiger partial charge in [0.1, 0.15) is 4.90 Å². The third-order valence-corrected chi connectivity index (χ3v) is 7.11. The van der Waals surface area contributed by atoms with Crippen LogP contribution in [0.3, 0.4) is 0 Å². The highest BCUT2D eigenvalue weighted by atomic mass is 35.5. The number of hydrogen-bond acceptors (Lipinski definition) is 3. The predicted molar refractivity (Wildman–Crippen MR) is 81.8 cm³/mol. The second kappa shape index (κ2) is 5.15. The van der Waals surface area contributed by atoms with E-state index in [4.69, 9.17) is 11.6 Å². The molecule has 106 valence electrons. The van der Waals surface area contributed by atoms with E-state index in [0.717, 1.165) is 12.0 Å². The van der Waals surface area contributed by atoms with E-state index in [1.165, 1.54) is 4.88 Å². The lowest BCUT2D eigenvalue weighted by molar-refractivity contribution is 0.329. The number of sulfonamides is 1. The SMILES string of the molecule is CC1c2ccsc2CCN1S(=O)(=O)c1ccccc1Cl. The lowest BCUT2D eigenvalue weighted by Gasteiger charge is -2.32. The van der Waals surface area contributed by atoms with Crippen LogP contribution in [0.1, 0.15) is 23.4 Å². The first-order valence-corrected chi connectivity index (χ1v) is 9.04. The van der Waals surface area contributed by atoms with Gasteiger partial charge in [0.05, 0.1) is 5.02 Å². The summed E-state index contributed by atoms with van der Waals surface area (Å²) >= 11 is 7.74. The topological polar surface area (TPSA) is 37.4 Å². The third kappa shape index (κ3) is 2.19. The molecule has 20 heavy (non-hydrogen) atoms. The molecular formula is C14H14ClNO2S2. The second-order valence-electron chi connectivity index (χ2n) is 4.77. The van der Waals surface area contributed by atoms with Gasteiger partial charge in [-0.3, -0.25) is 0 Å². The molecule has 1 aromatic carbocycles. The van der Waals surface area contributed by atoms with E-state index in [9.17, 15) is 8.42 Å². The molecule has 1 unspecified atom stereocenters. The van der Waals surface area contributed by atoms with Crippen molar-refractivity contribution in [3.8, 4) is 0 Å². The van der Waals surface area contributed by atoms with E-state index >= 15 is 0 Å². The van der Waals surface area contributed by atoms with Gasteiger partial charge < -0.3 is 0 Å². The van der Waals surface area contributed by atoms with Crippen LogP contribution in [0.15, 0.2) is 40.6 Å². The molecule has 1 atom stereocenters. The lowest BCUT2D eigenvalue weighted by atomic mass is 10.0. The Labute approximate surface area is 127 Å². The minimum absolute atomic E-state index is 0.147. The summed E-state index contributed by atoms with van der Waals surface area (Å²) in [4.78, 5) is 1.47. The van der Waals surface area contributed by atoms with Crippen LogP contribution in [-0.2, 0) is 16.4 Å². The Morgan fingerprint density at radius 1 is 1.30 bits per heavy atom. The van der Waals surface area contributed by atoms with Crippen molar-refractivity contribution in [1.29, 1.82) is 0 Å². The Bertz CT molecular complexity index is 739. The van der Waals surface area contributed by atoms with Gasteiger partial charge in [0.25, 0.3) is 0 Å². The highest BCUT2D eigenvalue weighted by molar-refractivity contribution is 7.89. The van der Waals surface area contributed by atoms with Crippen LogP contribution in [0.2, 0.25) is 5.02 Å². The first-order valence-electron chi connectivity index (χ1n) is 6.34. The molecule has 0 fully saturated rings. The van der Waals surface area contributed by atoms with Gasteiger partial charge in [-0.15, -0.1) is 11.3 Å². The second-order valence-corrected chi connectivity index (χ2v) is 8.04. The Hall–Kier alpha value is -0.880. The third-order valence-electron chi connectivity index (χ3n) is 3.64. The largest absolute Gasteiger partial charge is 0.245 e. The Morgan fingerprint density at radius 3 is 2.80 bits per heavy atom. The number of nitrogens with zero attached hydrogens (tertiary/aromatic N) is 1. The molecule has 0 saturated carbocycles. The molecule has 3 rings (SSSR count). The standard InChI is InChI=1S/C14H14ClNO2S2/c1-10-11-7-9-19-13(11)6-8-16(10)20(17,18)14-5-3-2-4-12(14)15/h2-5,7,9-10H,6,8H2,1H3. The van der Waals surface area contributed by atoms with Crippen LogP contribution >= 0.6 is 22.9 Å². The fourth-order valence-electron chi connectivity index (χ4n) is 2.60. The maximum absolute atomic E-state index is 12.8. The maximum atomic E-state index is 12.8. The van der Waals surface area contributed by atoms with Gasteiger partial charge in [-0.05, 0) is 42.5 Å². The first-order chi connectivity index (χ1) is 9.51. The average Bonchev–Trinajstić information content (AvgIpc) is 2.88. The molecule has 2 aromatic rings. The summed E-state index contributed by atoms with van der Waals surface area (Å²) in [5, 5.41) is 2.29. The molecule has 0 amide bonds. The molecule has 0 N–H and O–H groups in total. The van der Waals surface area contributed by atoms with Gasteiger partial charge in [-0.25, -0.2) is 8.42 Å². The predicted octanol–water partition coefficient (Wildman–Crippen LogP) is 3.71. The van der Waals surface area contributed by atoms with E-state index < -0.39 is 10.0 Å². The quantitative estimate of drug-likeness (QED) is 0.843. The van der Waals surface area contributed by atoms with Gasteiger partial charge in [0.15, 0.2) is 0 Å². The maximum Gasteiger partial charge on any atom is 0.245 e. The molecule has 0 aliphatic carbocycles. The number of halogens is 1. The van der Waals surface area contributed by atoms with Crippen molar-refractivity contribution in [1.82, 2.24) is 4.31 Å². The van der Waals surface area contributed by atoms with E-state index in [0.29, 0.717) is 6.54 Å². The van der Waals surface area contributed by atoms with Crippen molar-refractivity contribution in [2.75, 3.05) is 6.54 Å². The van der Waals surface area contributed by atoms with E-state index in [2.05, 4.69) is 0 Å². The molecule has 6 heteroatoms. The van der Waals surface area contributed by atoms with Gasteiger partial charge in [0.2, 0.25) is 10.0 Å². The summed E-state index contributed by atoms with van der Waals surface area (Å²) in [5.41, 5.74) is 1.11. The zero-order valence-electron chi connectivity index (χ0n) is 10.9. The van der Waals surface area contributed by atoms with Crippen molar-refractivity contribution in [3.63, 3.8) is 0 Å². The minimum atomic E-state index is -3.56. The number of thiophene rings is 1. The lowest BCUT2D eigenvalue weighted by Crippen LogP contribution is -2.38. The molecule has 2 heterocycles. The van der Waals surface area contributed by atoms with Gasteiger partial charge >= 0.3 is 0 Å². The molecule has 0 radical (unpaired) electrons. The number of benzene rings is 1. The van der Waals surface area contributed by atoms with E-state index in [-0.39, 0.29) is 16.0 Å². The van der Waals surface area contributed by atoms with Gasteiger partial charge in [-0.2, -0.15) is 4.31 Å². The Kier molecular flexibility index (Phi) is 3.62. The van der Waals surface area contributed by atoms with Gasteiger partial charge in [0, 0.05) is 17.5 Å². The first kappa shape index (κ1) is 14.1. The summed E-state index contributed by atoms with van der Waals surface area (Å²) in [6.07, 6.45) is 0.765. The van der Waals surface area contributed by atoms with Crippen molar-refractivity contribution >= 4 is 33.0 Å². The van der Waals surface area contributed by atoms with Crippen LogP contribution in [0, 0.1) is 0 Å². The van der Waals surface area contributed by atoms with Crippen molar-refractivity contribution in [2.45, 2.75) is 24.3 Å². The minimum Gasteiger partial charge on any atom is -0.207 e. The highest BCUT2D eigenvalue weighted by Crippen LogP contribution is 2.37. The molecule has 0 bridgehead atoms. The molecule has 0 saturated heterocycles. The molecular weight excluding hydrogens is 314 g/mol. The Balaban J connectivity index is 2.04. The van der Waals surface area contributed by atoms with Gasteiger partial charge in [-0.1, -0.05) is 23.7 Å². The smallest absolute Gasteiger partial charge is 0.207 e. The zero-order valence-corrected chi connectivity index (χ0v) is 13.3. The van der Waals surface area contributed by atoms with Crippen LogP contribution in [0.4, 0.5) is 0 Å². The van der Waals surface area contributed by atoms with Crippen LogP contribution in [-0.4, -0.2) is 19.3 Å². The highest BCUT2D eigenvalue weighted by Gasteiger charge is 2.35. The summed E-state index contributed by atoms with van der Waals surface area (Å²) in [7, 11) is -3.56. The molecule has 1 aromatic heterocycles. The average molecular weight is 328 g/mol. The number of hydrogen-bond donors (Lipinski definition) is 0. The zero-order chi connectivity index (χ0) is 14.3. The fourth-order valence-corrected chi connectivity index (χ4v) is 5.67. The number of rotatable bonds is 2. The van der Waals surface area contributed by atoms with Crippen molar-refractivity contribution < 1.29 is 8.42 Å². The van der Waals surface area contributed by atoms with E-state index in [1.807, 2.05) is 18.4 Å². The molecule has 3 nitrogen and oxygen atoms in total. The summed E-state index contributed by atoms with van der Waals surface area (Å²) in [5.74, 6) is 0. The normalized spacial score (nSPS) is 19.8. The number of fused-ring (bicyclic) bond motifs is 1. The summed E-state index contributed by atoms with van der Waals surface area (Å²) in [6, 6.07) is 8.47. The molecule has 0 spiro atoms. The summed E-state index contributed by atoms with van der Waals surface area (Å²) < 4.78 is 27.1. The van der Waals surface area contributed by atoms with Crippen LogP contribution in [0.5, 0.6) is 0 Å². The fraction of sp³-hybridized carbons (Fsp3) is 0.286. The van der Waals surface area contributed by atoms with Crippen molar-refractivity contribution in [3.05, 3.63) is 51.2 Å².